The molecule has 2 heterocycles. The Labute approximate surface area is 176 Å². The van der Waals surface area contributed by atoms with E-state index in [1.807, 2.05) is 0 Å². The molecular formula is C22H17FN6O2. The third-order valence-corrected chi connectivity index (χ3v) is 4.44. The second kappa shape index (κ2) is 8.51. The number of nitrogens with one attached hydrogen (secondary N) is 2. The first-order chi connectivity index (χ1) is 15.0. The molecule has 0 unspecified atom stereocenters. The zero-order valence-electron chi connectivity index (χ0n) is 16.5. The first-order valence-corrected chi connectivity index (χ1v) is 9.32. The smallest absolute Gasteiger partial charge is 0.238 e. The number of hydrogen-bond acceptors (Lipinski definition) is 6. The Morgan fingerprint density at radius 3 is 2.94 bits per heavy atom. The third-order valence-electron chi connectivity index (χ3n) is 4.44. The second-order valence-corrected chi connectivity index (χ2v) is 6.69. The highest BCUT2D eigenvalue weighted by Gasteiger charge is 2.12. The number of benzene rings is 2. The van der Waals surface area contributed by atoms with Gasteiger partial charge < -0.3 is 15.4 Å². The summed E-state index contributed by atoms with van der Waals surface area (Å²) in [6.45, 7) is 1.80. The van der Waals surface area contributed by atoms with E-state index in [1.165, 1.54) is 18.3 Å². The van der Waals surface area contributed by atoms with Gasteiger partial charge in [-0.05, 0) is 42.8 Å². The molecule has 4 rings (SSSR count). The summed E-state index contributed by atoms with van der Waals surface area (Å²) in [4.78, 5) is 20.2. The number of aromatic nitrogens is 3. The number of nitriles is 1. The first-order valence-electron chi connectivity index (χ1n) is 9.32. The molecule has 0 aliphatic rings. The Morgan fingerprint density at radius 1 is 1.26 bits per heavy atom. The van der Waals surface area contributed by atoms with Crippen molar-refractivity contribution in [1.82, 2.24) is 14.4 Å². The molecule has 4 aromatic rings. The van der Waals surface area contributed by atoms with Crippen LogP contribution in [0.4, 0.5) is 21.6 Å². The SMILES string of the molecule is Cc1cc(F)ccc1Nc1ncc(Oc2cccc(NC(=O)CC#N)c2)n2cncc12. The van der Waals surface area contributed by atoms with E-state index in [4.69, 9.17) is 10.00 Å². The number of carbonyl (C=O) groups excluding carboxylic acids is 1. The average molecular weight is 416 g/mol. The van der Waals surface area contributed by atoms with Crippen LogP contribution in [-0.2, 0) is 4.79 Å². The summed E-state index contributed by atoms with van der Waals surface area (Å²) in [5.41, 5.74) is 2.65. The quantitative estimate of drug-likeness (QED) is 0.477. The van der Waals surface area contributed by atoms with Gasteiger partial charge in [0.15, 0.2) is 5.82 Å². The van der Waals surface area contributed by atoms with Crippen LogP contribution >= 0.6 is 0 Å². The number of carbonyl (C=O) groups is 1. The van der Waals surface area contributed by atoms with E-state index in [2.05, 4.69) is 20.6 Å². The van der Waals surface area contributed by atoms with Gasteiger partial charge in [0.1, 0.15) is 29.8 Å². The minimum absolute atomic E-state index is 0.230. The summed E-state index contributed by atoms with van der Waals surface area (Å²) in [5, 5.41) is 14.4. The molecule has 0 aliphatic carbocycles. The van der Waals surface area contributed by atoms with Gasteiger partial charge in [-0.15, -0.1) is 0 Å². The monoisotopic (exact) mass is 416 g/mol. The molecule has 2 N–H and O–H groups in total. The van der Waals surface area contributed by atoms with Crippen LogP contribution in [0.3, 0.4) is 0 Å². The van der Waals surface area contributed by atoms with E-state index < -0.39 is 5.91 Å². The molecule has 0 saturated carbocycles. The number of nitrogens with zero attached hydrogens (tertiary/aromatic N) is 4. The molecule has 0 bridgehead atoms. The predicted molar refractivity (Wildman–Crippen MR) is 113 cm³/mol. The molecule has 8 nitrogen and oxygen atoms in total. The first kappa shape index (κ1) is 19.8. The molecule has 0 spiro atoms. The summed E-state index contributed by atoms with van der Waals surface area (Å²) in [6.07, 6.45) is 4.54. The standard InChI is InChI=1S/C22H17FN6O2/c1-14-9-15(23)5-6-18(14)28-22-19-11-25-13-29(19)21(12-26-22)31-17-4-2-3-16(10-17)27-20(30)7-8-24/h2-6,9-13H,7H2,1H3,(H,26,28)(H,27,30). The van der Waals surface area contributed by atoms with Gasteiger partial charge in [0, 0.05) is 17.4 Å². The van der Waals surface area contributed by atoms with Crippen molar-refractivity contribution >= 4 is 28.6 Å². The summed E-state index contributed by atoms with van der Waals surface area (Å²) in [7, 11) is 0. The summed E-state index contributed by atoms with van der Waals surface area (Å²) >= 11 is 0. The lowest BCUT2D eigenvalue weighted by atomic mass is 10.2. The largest absolute Gasteiger partial charge is 0.439 e. The molecule has 1 amide bonds. The van der Waals surface area contributed by atoms with Gasteiger partial charge in [0.2, 0.25) is 11.8 Å². The Morgan fingerprint density at radius 2 is 2.13 bits per heavy atom. The van der Waals surface area contributed by atoms with E-state index in [0.717, 1.165) is 11.3 Å². The maximum Gasteiger partial charge on any atom is 0.238 e. The van der Waals surface area contributed by atoms with E-state index >= 15 is 0 Å². The number of aryl methyl sites for hydroxylation is 1. The molecule has 0 saturated heterocycles. The summed E-state index contributed by atoms with van der Waals surface area (Å²) in [6, 6.07) is 13.1. The zero-order valence-corrected chi connectivity index (χ0v) is 16.5. The van der Waals surface area contributed by atoms with Crippen LogP contribution in [0, 0.1) is 24.1 Å². The number of hydrogen-bond donors (Lipinski definition) is 2. The molecule has 9 heteroatoms. The summed E-state index contributed by atoms with van der Waals surface area (Å²) in [5.74, 6) is 0.721. The van der Waals surface area contributed by atoms with Crippen molar-refractivity contribution in [3.63, 3.8) is 0 Å². The molecule has 0 atom stereocenters. The van der Waals surface area contributed by atoms with Gasteiger partial charge in [-0.25, -0.2) is 14.4 Å². The Balaban J connectivity index is 1.59. The zero-order chi connectivity index (χ0) is 21.8. The minimum atomic E-state index is -0.398. The molecule has 2 aromatic carbocycles. The van der Waals surface area contributed by atoms with Crippen molar-refractivity contribution in [3.8, 4) is 17.7 Å². The van der Waals surface area contributed by atoms with Gasteiger partial charge in [0.05, 0.1) is 18.5 Å². The van der Waals surface area contributed by atoms with Crippen molar-refractivity contribution < 1.29 is 13.9 Å². The fraction of sp³-hybridized carbons (Fsp3) is 0.0909. The van der Waals surface area contributed by atoms with Crippen LogP contribution < -0.4 is 15.4 Å². The number of ether oxygens (including phenoxy) is 1. The maximum atomic E-state index is 13.4. The van der Waals surface area contributed by atoms with E-state index in [1.54, 1.807) is 60.2 Å². The van der Waals surface area contributed by atoms with Gasteiger partial charge in [0.25, 0.3) is 0 Å². The fourth-order valence-corrected chi connectivity index (χ4v) is 3.00. The highest BCUT2D eigenvalue weighted by atomic mass is 19.1. The minimum Gasteiger partial charge on any atom is -0.439 e. The van der Waals surface area contributed by atoms with E-state index in [9.17, 15) is 9.18 Å². The number of anilines is 3. The van der Waals surface area contributed by atoms with Crippen molar-refractivity contribution in [2.75, 3.05) is 10.6 Å². The number of fused-ring (bicyclic) bond motifs is 1. The van der Waals surface area contributed by atoms with Crippen LogP contribution in [-0.4, -0.2) is 20.3 Å². The van der Waals surface area contributed by atoms with Gasteiger partial charge in [-0.3, -0.25) is 9.20 Å². The molecular weight excluding hydrogens is 399 g/mol. The molecule has 0 radical (unpaired) electrons. The highest BCUT2D eigenvalue weighted by molar-refractivity contribution is 5.92. The van der Waals surface area contributed by atoms with Crippen LogP contribution in [0.25, 0.3) is 5.52 Å². The van der Waals surface area contributed by atoms with Gasteiger partial charge >= 0.3 is 0 Å². The van der Waals surface area contributed by atoms with Crippen LogP contribution in [0.1, 0.15) is 12.0 Å². The number of imidazole rings is 1. The second-order valence-electron chi connectivity index (χ2n) is 6.69. The molecule has 31 heavy (non-hydrogen) atoms. The van der Waals surface area contributed by atoms with Gasteiger partial charge in [-0.1, -0.05) is 6.07 Å². The number of halogens is 1. The lowest BCUT2D eigenvalue weighted by molar-refractivity contribution is -0.115. The topological polar surface area (TPSA) is 104 Å². The van der Waals surface area contributed by atoms with Crippen LogP contribution in [0.2, 0.25) is 0 Å². The normalized spacial score (nSPS) is 10.5. The van der Waals surface area contributed by atoms with Crippen molar-refractivity contribution in [2.45, 2.75) is 13.3 Å². The Bertz CT molecular complexity index is 1310. The Kier molecular flexibility index (Phi) is 5.45. The van der Waals surface area contributed by atoms with Crippen LogP contribution in [0.15, 0.2) is 61.2 Å². The fourth-order valence-electron chi connectivity index (χ4n) is 3.00. The maximum absolute atomic E-state index is 13.4. The summed E-state index contributed by atoms with van der Waals surface area (Å²) < 4.78 is 21.0. The third kappa shape index (κ3) is 4.43. The Hall–Kier alpha value is -4.45. The predicted octanol–water partition coefficient (Wildman–Crippen LogP) is 4.56. The van der Waals surface area contributed by atoms with Gasteiger partial charge in [-0.2, -0.15) is 5.26 Å². The molecule has 0 fully saturated rings. The van der Waals surface area contributed by atoms with Crippen LogP contribution in [0.5, 0.6) is 11.6 Å². The lowest BCUT2D eigenvalue weighted by Gasteiger charge is -2.13. The number of amides is 1. The van der Waals surface area contributed by atoms with E-state index in [0.29, 0.717) is 28.7 Å². The highest BCUT2D eigenvalue weighted by Crippen LogP contribution is 2.29. The molecule has 0 aliphatic heterocycles. The average Bonchev–Trinajstić information content (AvgIpc) is 3.23. The molecule has 154 valence electrons. The van der Waals surface area contributed by atoms with Crippen molar-refractivity contribution in [2.24, 2.45) is 0 Å². The lowest BCUT2D eigenvalue weighted by Crippen LogP contribution is -2.10. The van der Waals surface area contributed by atoms with Crippen molar-refractivity contribution in [3.05, 3.63) is 72.6 Å². The van der Waals surface area contributed by atoms with Crippen molar-refractivity contribution in [1.29, 1.82) is 5.26 Å². The van der Waals surface area contributed by atoms with E-state index in [-0.39, 0.29) is 12.2 Å². The molecule has 2 aromatic heterocycles. The number of rotatable bonds is 6.